The lowest BCUT2D eigenvalue weighted by Crippen LogP contribution is -2.50. The summed E-state index contributed by atoms with van der Waals surface area (Å²) in [5.74, 6) is -0.416. The zero-order chi connectivity index (χ0) is 22.2. The van der Waals surface area contributed by atoms with Crippen molar-refractivity contribution < 1.29 is 9.18 Å². The van der Waals surface area contributed by atoms with Crippen molar-refractivity contribution in [1.82, 2.24) is 9.80 Å². The Morgan fingerprint density at radius 3 is 2.16 bits per heavy atom. The highest BCUT2D eigenvalue weighted by Gasteiger charge is 2.30. The second-order valence-electron chi connectivity index (χ2n) is 7.96. The summed E-state index contributed by atoms with van der Waals surface area (Å²) < 4.78 is 13.2. The van der Waals surface area contributed by atoms with Crippen LogP contribution in [0.3, 0.4) is 0 Å². The molecule has 1 saturated heterocycles. The number of anilines is 1. The van der Waals surface area contributed by atoms with E-state index in [1.807, 2.05) is 48.5 Å². The molecule has 32 heavy (non-hydrogen) atoms. The van der Waals surface area contributed by atoms with Crippen molar-refractivity contribution in [3.05, 3.63) is 108 Å². The van der Waals surface area contributed by atoms with Gasteiger partial charge in [-0.1, -0.05) is 72.8 Å². The van der Waals surface area contributed by atoms with Crippen molar-refractivity contribution in [2.24, 2.45) is 0 Å². The molecule has 3 aromatic rings. The van der Waals surface area contributed by atoms with Crippen LogP contribution in [0.25, 0.3) is 6.08 Å². The van der Waals surface area contributed by atoms with Gasteiger partial charge in [0.2, 0.25) is 5.91 Å². The lowest BCUT2D eigenvalue weighted by molar-refractivity contribution is -0.122. The van der Waals surface area contributed by atoms with E-state index in [1.54, 1.807) is 12.1 Å². The van der Waals surface area contributed by atoms with Crippen molar-refractivity contribution in [2.45, 2.75) is 6.04 Å². The number of halogens is 1. The average Bonchev–Trinajstić information content (AvgIpc) is 2.83. The van der Waals surface area contributed by atoms with Crippen molar-refractivity contribution in [1.29, 1.82) is 0 Å². The number of nitrogens with zero attached hydrogens (tertiary/aromatic N) is 2. The van der Waals surface area contributed by atoms with Crippen LogP contribution in [0.5, 0.6) is 0 Å². The normalized spacial score (nSPS) is 16.2. The lowest BCUT2D eigenvalue weighted by atomic mass is 10.0. The van der Waals surface area contributed by atoms with Gasteiger partial charge in [-0.2, -0.15) is 0 Å². The highest BCUT2D eigenvalue weighted by atomic mass is 19.1. The summed E-state index contributed by atoms with van der Waals surface area (Å²) in [6.45, 7) is 4.28. The molecule has 0 spiro atoms. The fourth-order valence-electron chi connectivity index (χ4n) is 4.01. The third-order valence-electron chi connectivity index (χ3n) is 5.72. The molecule has 1 aliphatic heterocycles. The average molecular weight is 430 g/mol. The van der Waals surface area contributed by atoms with Gasteiger partial charge in [0, 0.05) is 38.4 Å². The third kappa shape index (κ3) is 5.90. The number of benzene rings is 3. The fourth-order valence-corrected chi connectivity index (χ4v) is 4.01. The molecule has 0 saturated carbocycles. The number of piperazine rings is 1. The maximum atomic E-state index is 13.2. The van der Waals surface area contributed by atoms with Crippen LogP contribution in [0, 0.1) is 5.82 Å². The van der Waals surface area contributed by atoms with Gasteiger partial charge >= 0.3 is 0 Å². The van der Waals surface area contributed by atoms with Crippen molar-refractivity contribution >= 4 is 17.7 Å². The van der Waals surface area contributed by atoms with Gasteiger partial charge in [-0.25, -0.2) is 4.39 Å². The molecule has 1 amide bonds. The van der Waals surface area contributed by atoms with E-state index in [-0.39, 0.29) is 17.8 Å². The number of carbonyl (C=O) groups excluding carboxylic acids is 1. The number of hydrogen-bond acceptors (Lipinski definition) is 3. The number of nitrogens with one attached hydrogen (secondary N) is 1. The Hall–Kier alpha value is -3.28. The van der Waals surface area contributed by atoms with E-state index in [4.69, 9.17) is 0 Å². The predicted octanol–water partition coefficient (Wildman–Crippen LogP) is 4.84. The van der Waals surface area contributed by atoms with Gasteiger partial charge in [0.1, 0.15) is 11.9 Å². The molecule has 0 radical (unpaired) electrons. The predicted molar refractivity (Wildman–Crippen MR) is 128 cm³/mol. The molecule has 0 aliphatic carbocycles. The summed E-state index contributed by atoms with van der Waals surface area (Å²) in [5.41, 5.74) is 2.76. The van der Waals surface area contributed by atoms with Crippen LogP contribution in [0.1, 0.15) is 17.2 Å². The van der Waals surface area contributed by atoms with Gasteiger partial charge in [-0.05, 0) is 35.4 Å². The Labute approximate surface area is 189 Å². The number of rotatable bonds is 7. The summed E-state index contributed by atoms with van der Waals surface area (Å²) in [5, 5.41) is 2.96. The summed E-state index contributed by atoms with van der Waals surface area (Å²) >= 11 is 0. The molecule has 4 nitrogen and oxygen atoms in total. The molecular formula is C27H28FN3O. The van der Waals surface area contributed by atoms with E-state index in [9.17, 15) is 9.18 Å². The second kappa shape index (κ2) is 10.8. The first-order valence-corrected chi connectivity index (χ1v) is 11.0. The second-order valence-corrected chi connectivity index (χ2v) is 7.96. The van der Waals surface area contributed by atoms with E-state index in [2.05, 4.69) is 39.4 Å². The van der Waals surface area contributed by atoms with Gasteiger partial charge in [-0.3, -0.25) is 14.6 Å². The largest absolute Gasteiger partial charge is 0.324 e. The van der Waals surface area contributed by atoms with Crippen molar-refractivity contribution in [3.63, 3.8) is 0 Å². The molecule has 1 aliphatic rings. The molecule has 3 aromatic carbocycles. The number of amides is 1. The zero-order valence-corrected chi connectivity index (χ0v) is 18.0. The van der Waals surface area contributed by atoms with E-state index in [0.29, 0.717) is 5.69 Å². The first-order chi connectivity index (χ1) is 15.7. The molecule has 1 unspecified atom stereocenters. The van der Waals surface area contributed by atoms with E-state index >= 15 is 0 Å². The molecular weight excluding hydrogens is 401 g/mol. The standard InChI is InChI=1S/C27H28FN3O/c28-24-13-15-25(16-14-24)29-27(32)26(23-11-5-2-6-12-23)31-20-18-30(19-21-31)17-7-10-22-8-3-1-4-9-22/h1-16,26H,17-21H2,(H,29,32). The fraction of sp³-hybridized carbons (Fsp3) is 0.222. The minimum atomic E-state index is -0.386. The Morgan fingerprint density at radius 1 is 0.875 bits per heavy atom. The number of hydrogen-bond donors (Lipinski definition) is 1. The SMILES string of the molecule is O=C(Nc1ccc(F)cc1)C(c1ccccc1)N1CCN(CC=Cc2ccccc2)CC1. The summed E-state index contributed by atoms with van der Waals surface area (Å²) in [6.07, 6.45) is 4.34. The van der Waals surface area contributed by atoms with Crippen molar-refractivity contribution in [2.75, 3.05) is 38.0 Å². The Morgan fingerprint density at radius 2 is 1.50 bits per heavy atom. The first kappa shape index (κ1) is 21.9. The third-order valence-corrected chi connectivity index (χ3v) is 5.72. The molecule has 1 fully saturated rings. The first-order valence-electron chi connectivity index (χ1n) is 11.0. The topological polar surface area (TPSA) is 35.6 Å². The summed E-state index contributed by atoms with van der Waals surface area (Å²) in [6, 6.07) is 25.6. The molecule has 1 atom stereocenters. The van der Waals surface area contributed by atoms with Crippen LogP contribution >= 0.6 is 0 Å². The van der Waals surface area contributed by atoms with Crippen LogP contribution < -0.4 is 5.32 Å². The quantitative estimate of drug-likeness (QED) is 0.584. The van der Waals surface area contributed by atoms with Crippen LogP contribution in [0.4, 0.5) is 10.1 Å². The molecule has 4 rings (SSSR count). The molecule has 164 valence electrons. The van der Waals surface area contributed by atoms with Crippen LogP contribution in [-0.4, -0.2) is 48.4 Å². The highest BCUT2D eigenvalue weighted by Crippen LogP contribution is 2.24. The number of carbonyl (C=O) groups is 1. The van der Waals surface area contributed by atoms with E-state index < -0.39 is 0 Å². The highest BCUT2D eigenvalue weighted by molar-refractivity contribution is 5.95. The lowest BCUT2D eigenvalue weighted by Gasteiger charge is -2.38. The molecule has 5 heteroatoms. The van der Waals surface area contributed by atoms with Gasteiger partial charge in [0.15, 0.2) is 0 Å². The summed E-state index contributed by atoms with van der Waals surface area (Å²) in [4.78, 5) is 17.9. The maximum absolute atomic E-state index is 13.2. The smallest absolute Gasteiger partial charge is 0.246 e. The van der Waals surface area contributed by atoms with E-state index in [1.165, 1.54) is 17.7 Å². The van der Waals surface area contributed by atoms with Gasteiger partial charge in [0.05, 0.1) is 0 Å². The zero-order valence-electron chi connectivity index (χ0n) is 18.0. The molecule has 0 aromatic heterocycles. The molecule has 1 heterocycles. The maximum Gasteiger partial charge on any atom is 0.246 e. The Kier molecular flexibility index (Phi) is 7.43. The van der Waals surface area contributed by atoms with Crippen LogP contribution in [0.15, 0.2) is 91.0 Å². The van der Waals surface area contributed by atoms with Gasteiger partial charge < -0.3 is 5.32 Å². The van der Waals surface area contributed by atoms with E-state index in [0.717, 1.165) is 38.3 Å². The van der Waals surface area contributed by atoms with Crippen LogP contribution in [-0.2, 0) is 4.79 Å². The minimum absolute atomic E-state index is 0.0970. The Bertz CT molecular complexity index is 1010. The van der Waals surface area contributed by atoms with Crippen LogP contribution in [0.2, 0.25) is 0 Å². The molecule has 1 N–H and O–H groups in total. The Balaban J connectivity index is 1.39. The van der Waals surface area contributed by atoms with Crippen molar-refractivity contribution in [3.8, 4) is 0 Å². The van der Waals surface area contributed by atoms with Gasteiger partial charge in [-0.15, -0.1) is 0 Å². The minimum Gasteiger partial charge on any atom is -0.324 e. The monoisotopic (exact) mass is 429 g/mol. The van der Waals surface area contributed by atoms with Gasteiger partial charge in [0.25, 0.3) is 0 Å². The molecule has 0 bridgehead atoms. The summed E-state index contributed by atoms with van der Waals surface area (Å²) in [7, 11) is 0.